The van der Waals surface area contributed by atoms with Crippen molar-refractivity contribution in [1.29, 1.82) is 0 Å². The molecule has 1 heterocycles. The SMILES string of the molecule is C#CCN(Cc1ccc(CN[C@@H]2C[C@H]2c2ccc(F)c(F)c2)cc1)Cc1c[nH]c2ccccc12.Cl.Cl. The summed E-state index contributed by atoms with van der Waals surface area (Å²) in [5.74, 6) is 1.46. The third-order valence-electron chi connectivity index (χ3n) is 6.54. The van der Waals surface area contributed by atoms with E-state index in [-0.39, 0.29) is 30.7 Å². The van der Waals surface area contributed by atoms with Crippen LogP contribution in [0.5, 0.6) is 0 Å². The highest BCUT2D eigenvalue weighted by Crippen LogP contribution is 2.41. The van der Waals surface area contributed by atoms with E-state index in [0.29, 0.717) is 12.6 Å². The summed E-state index contributed by atoms with van der Waals surface area (Å²) < 4.78 is 26.6. The number of halogens is 4. The van der Waals surface area contributed by atoms with Crippen molar-refractivity contribution >= 4 is 35.7 Å². The lowest BCUT2D eigenvalue weighted by molar-refractivity contribution is 0.292. The average molecular weight is 528 g/mol. The predicted octanol–water partition coefficient (Wildman–Crippen LogP) is 6.57. The van der Waals surface area contributed by atoms with Gasteiger partial charge in [0, 0.05) is 48.7 Å². The van der Waals surface area contributed by atoms with E-state index in [1.165, 1.54) is 34.2 Å². The van der Waals surface area contributed by atoms with Crippen LogP contribution in [0.2, 0.25) is 0 Å². The summed E-state index contributed by atoms with van der Waals surface area (Å²) in [5, 5.41) is 4.76. The van der Waals surface area contributed by atoms with E-state index in [2.05, 4.69) is 69.8 Å². The van der Waals surface area contributed by atoms with Crippen LogP contribution in [0.3, 0.4) is 0 Å². The summed E-state index contributed by atoms with van der Waals surface area (Å²) in [4.78, 5) is 5.60. The van der Waals surface area contributed by atoms with Gasteiger partial charge in [0.2, 0.25) is 0 Å². The molecule has 1 aliphatic carbocycles. The van der Waals surface area contributed by atoms with E-state index >= 15 is 0 Å². The van der Waals surface area contributed by atoms with Crippen molar-refractivity contribution in [1.82, 2.24) is 15.2 Å². The fourth-order valence-corrected chi connectivity index (χ4v) is 4.60. The van der Waals surface area contributed by atoms with Crippen LogP contribution in [0.25, 0.3) is 10.9 Å². The third-order valence-corrected chi connectivity index (χ3v) is 6.54. The molecule has 188 valence electrons. The minimum Gasteiger partial charge on any atom is -0.361 e. The van der Waals surface area contributed by atoms with Crippen molar-refractivity contribution in [2.45, 2.75) is 38.0 Å². The summed E-state index contributed by atoms with van der Waals surface area (Å²) in [5.41, 5.74) is 5.64. The smallest absolute Gasteiger partial charge is 0.159 e. The number of aromatic amines is 1. The number of aromatic nitrogens is 1. The van der Waals surface area contributed by atoms with Crippen molar-refractivity contribution in [3.8, 4) is 12.3 Å². The Balaban J connectivity index is 0.00000180. The Morgan fingerprint density at radius 1 is 0.944 bits per heavy atom. The average Bonchev–Trinajstić information content (AvgIpc) is 3.52. The molecule has 0 bridgehead atoms. The molecule has 1 saturated carbocycles. The van der Waals surface area contributed by atoms with E-state index in [0.717, 1.165) is 37.1 Å². The lowest BCUT2D eigenvalue weighted by Gasteiger charge is -2.20. The molecule has 0 amide bonds. The first kappa shape index (κ1) is 27.7. The van der Waals surface area contributed by atoms with Gasteiger partial charge in [-0.1, -0.05) is 54.5 Å². The fourth-order valence-electron chi connectivity index (χ4n) is 4.60. The first-order valence-corrected chi connectivity index (χ1v) is 11.6. The van der Waals surface area contributed by atoms with Crippen molar-refractivity contribution in [3.63, 3.8) is 0 Å². The highest BCUT2D eigenvalue weighted by molar-refractivity contribution is 5.85. The summed E-state index contributed by atoms with van der Waals surface area (Å²) in [6.07, 6.45) is 8.65. The Hall–Kier alpha value is -2.88. The number of nitrogens with zero attached hydrogens (tertiary/aromatic N) is 1. The van der Waals surface area contributed by atoms with Gasteiger partial charge in [-0.25, -0.2) is 8.78 Å². The second-order valence-electron chi connectivity index (χ2n) is 9.03. The monoisotopic (exact) mass is 527 g/mol. The van der Waals surface area contributed by atoms with Gasteiger partial charge in [-0.15, -0.1) is 31.2 Å². The van der Waals surface area contributed by atoms with Crippen LogP contribution in [0.4, 0.5) is 8.78 Å². The molecule has 7 heteroatoms. The molecule has 3 nitrogen and oxygen atoms in total. The summed E-state index contributed by atoms with van der Waals surface area (Å²) >= 11 is 0. The Kier molecular flexibility index (Phi) is 9.53. The van der Waals surface area contributed by atoms with Crippen LogP contribution in [-0.2, 0) is 19.6 Å². The molecule has 0 saturated heterocycles. The molecule has 0 radical (unpaired) electrons. The minimum atomic E-state index is -0.795. The quantitative estimate of drug-likeness (QED) is 0.241. The van der Waals surface area contributed by atoms with Crippen molar-refractivity contribution < 1.29 is 8.78 Å². The van der Waals surface area contributed by atoms with Gasteiger partial charge in [0.05, 0.1) is 6.54 Å². The van der Waals surface area contributed by atoms with Gasteiger partial charge in [-0.3, -0.25) is 4.90 Å². The van der Waals surface area contributed by atoms with Gasteiger partial charge in [-0.05, 0) is 46.9 Å². The van der Waals surface area contributed by atoms with Crippen molar-refractivity contribution in [3.05, 3.63) is 107 Å². The molecule has 5 rings (SSSR count). The second-order valence-corrected chi connectivity index (χ2v) is 9.03. The Morgan fingerprint density at radius 2 is 1.69 bits per heavy atom. The molecule has 0 spiro atoms. The summed E-state index contributed by atoms with van der Waals surface area (Å²) in [7, 11) is 0. The van der Waals surface area contributed by atoms with E-state index in [1.807, 2.05) is 6.07 Å². The lowest BCUT2D eigenvalue weighted by atomic mass is 10.1. The summed E-state index contributed by atoms with van der Waals surface area (Å²) in [6, 6.07) is 21.4. The van der Waals surface area contributed by atoms with E-state index in [4.69, 9.17) is 6.42 Å². The van der Waals surface area contributed by atoms with Crippen LogP contribution in [-0.4, -0.2) is 22.5 Å². The molecule has 0 aliphatic heterocycles. The van der Waals surface area contributed by atoms with Gasteiger partial charge in [0.1, 0.15) is 0 Å². The molecule has 1 aromatic heterocycles. The van der Waals surface area contributed by atoms with Gasteiger partial charge < -0.3 is 10.3 Å². The number of hydrogen-bond acceptors (Lipinski definition) is 2. The number of rotatable bonds is 9. The van der Waals surface area contributed by atoms with Crippen LogP contribution >= 0.6 is 24.8 Å². The molecular formula is C29H29Cl2F2N3. The number of nitrogens with one attached hydrogen (secondary N) is 2. The molecule has 3 aromatic carbocycles. The zero-order valence-electron chi connectivity index (χ0n) is 19.7. The number of hydrogen-bond donors (Lipinski definition) is 2. The number of H-pyrrole nitrogens is 1. The molecule has 4 aromatic rings. The number of fused-ring (bicyclic) bond motifs is 1. The molecule has 1 fully saturated rings. The molecule has 0 unspecified atom stereocenters. The topological polar surface area (TPSA) is 31.1 Å². The molecular weight excluding hydrogens is 499 g/mol. The number of terminal acetylenes is 1. The third kappa shape index (κ3) is 6.46. The van der Waals surface area contributed by atoms with Crippen LogP contribution < -0.4 is 5.32 Å². The normalized spacial score (nSPS) is 16.3. The van der Waals surface area contributed by atoms with Gasteiger partial charge in [-0.2, -0.15) is 0 Å². The van der Waals surface area contributed by atoms with E-state index in [1.54, 1.807) is 6.07 Å². The minimum absolute atomic E-state index is 0. The van der Waals surface area contributed by atoms with Crippen LogP contribution in [0, 0.1) is 24.0 Å². The van der Waals surface area contributed by atoms with Crippen LogP contribution in [0.15, 0.2) is 72.9 Å². The van der Waals surface area contributed by atoms with Crippen molar-refractivity contribution in [2.75, 3.05) is 6.54 Å². The maximum Gasteiger partial charge on any atom is 0.159 e. The summed E-state index contributed by atoms with van der Waals surface area (Å²) in [6.45, 7) is 2.88. The number of para-hydroxylation sites is 1. The standard InChI is InChI=1S/C29H27F2N3.2ClH/c1-2-13-34(19-23-17-33-28-6-4-3-5-24(23)28)18-21-9-7-20(8-10-21)16-32-29-15-25(29)22-11-12-26(30)27(31)14-22;;/h1,3-12,14,17,25,29,32-33H,13,15-16,18-19H2;2*1H/t25-,29+;;/m0../s1. The molecule has 2 N–H and O–H groups in total. The maximum absolute atomic E-state index is 13.5. The Morgan fingerprint density at radius 3 is 2.44 bits per heavy atom. The first-order chi connectivity index (χ1) is 16.6. The molecule has 2 atom stereocenters. The van der Waals surface area contributed by atoms with E-state index in [9.17, 15) is 8.78 Å². The zero-order valence-corrected chi connectivity index (χ0v) is 21.3. The Bertz CT molecular complexity index is 1330. The Labute approximate surface area is 223 Å². The van der Waals surface area contributed by atoms with Gasteiger partial charge in [0.15, 0.2) is 11.6 Å². The zero-order chi connectivity index (χ0) is 23.5. The highest BCUT2D eigenvalue weighted by Gasteiger charge is 2.38. The number of benzene rings is 3. The lowest BCUT2D eigenvalue weighted by Crippen LogP contribution is -2.23. The van der Waals surface area contributed by atoms with Gasteiger partial charge in [0.25, 0.3) is 0 Å². The maximum atomic E-state index is 13.5. The highest BCUT2D eigenvalue weighted by atomic mass is 35.5. The van der Waals surface area contributed by atoms with Crippen molar-refractivity contribution in [2.24, 2.45) is 0 Å². The molecule has 36 heavy (non-hydrogen) atoms. The predicted molar refractivity (Wildman–Crippen MR) is 147 cm³/mol. The first-order valence-electron chi connectivity index (χ1n) is 11.6. The molecule has 1 aliphatic rings. The fraction of sp³-hybridized carbons (Fsp3) is 0.241. The van der Waals surface area contributed by atoms with Crippen LogP contribution in [0.1, 0.15) is 34.6 Å². The van der Waals surface area contributed by atoms with E-state index < -0.39 is 11.6 Å². The van der Waals surface area contributed by atoms with Gasteiger partial charge >= 0.3 is 0 Å². The largest absolute Gasteiger partial charge is 0.361 e. The second kappa shape index (κ2) is 12.4.